The number of aromatic nitrogens is 2. The Balaban J connectivity index is 1.17. The van der Waals surface area contributed by atoms with E-state index in [1.54, 1.807) is 17.0 Å². The Morgan fingerprint density at radius 1 is 0.971 bits per heavy atom. The van der Waals surface area contributed by atoms with Gasteiger partial charge in [0, 0.05) is 63.8 Å². The lowest BCUT2D eigenvalue weighted by molar-refractivity contribution is -0.135. The smallest absolute Gasteiger partial charge is 0.228 e. The Morgan fingerprint density at radius 2 is 1.77 bits per heavy atom. The zero-order valence-electron chi connectivity index (χ0n) is 19.7. The van der Waals surface area contributed by atoms with Crippen LogP contribution < -0.4 is 4.90 Å². The van der Waals surface area contributed by atoms with E-state index in [9.17, 15) is 14.0 Å². The third-order valence-electron chi connectivity index (χ3n) is 6.88. The first kappa shape index (κ1) is 23.2. The normalized spacial score (nSPS) is 19.2. The van der Waals surface area contributed by atoms with Crippen LogP contribution >= 0.6 is 0 Å². The summed E-state index contributed by atoms with van der Waals surface area (Å²) in [4.78, 5) is 36.3. The third-order valence-corrected chi connectivity index (χ3v) is 6.88. The fraction of sp³-hybridized carbons (Fsp3) is 0.370. The third kappa shape index (κ3) is 5.43. The van der Waals surface area contributed by atoms with Gasteiger partial charge >= 0.3 is 0 Å². The molecule has 2 aliphatic heterocycles. The van der Waals surface area contributed by atoms with Crippen molar-refractivity contribution < 1.29 is 14.0 Å². The Kier molecular flexibility index (Phi) is 6.90. The van der Waals surface area contributed by atoms with Crippen molar-refractivity contribution in [1.82, 2.24) is 19.4 Å². The van der Waals surface area contributed by atoms with Gasteiger partial charge in [-0.25, -0.2) is 9.37 Å². The second-order valence-electron chi connectivity index (χ2n) is 9.29. The Hall–Kier alpha value is -3.52. The highest BCUT2D eigenvalue weighted by Gasteiger charge is 2.37. The molecule has 0 radical (unpaired) electrons. The molecule has 1 unspecified atom stereocenters. The first-order valence-electron chi connectivity index (χ1n) is 12.2. The molecular weight excluding hydrogens is 445 g/mol. The molecule has 3 heterocycles. The van der Waals surface area contributed by atoms with E-state index < -0.39 is 0 Å². The molecule has 182 valence electrons. The molecule has 5 rings (SSSR count). The molecule has 2 aromatic carbocycles. The number of amides is 2. The molecule has 1 atom stereocenters. The number of hydrogen-bond acceptors (Lipinski definition) is 4. The van der Waals surface area contributed by atoms with Crippen LogP contribution in [0.1, 0.15) is 24.2 Å². The van der Waals surface area contributed by atoms with Crippen LogP contribution in [0.5, 0.6) is 0 Å². The molecule has 7 nitrogen and oxygen atoms in total. The van der Waals surface area contributed by atoms with E-state index in [1.807, 2.05) is 35.5 Å². The SMILES string of the molecule is O=C(C1CC(=O)N(c2ccc(F)cc2)C1)N1CCCN(Cc2nccn2Cc2ccccc2)CC1. The van der Waals surface area contributed by atoms with Gasteiger partial charge in [0.05, 0.1) is 12.5 Å². The standard InChI is InChI=1S/C27H30FN5O2/c28-23-7-9-24(10-8-23)33-19-22(17-26(33)34)27(35)31-13-4-12-30(15-16-31)20-25-29-11-14-32(25)18-21-5-2-1-3-6-21/h1-3,5-11,14,22H,4,12-13,15-20H2. The van der Waals surface area contributed by atoms with Crippen molar-refractivity contribution in [3.63, 3.8) is 0 Å². The molecule has 0 spiro atoms. The number of anilines is 1. The van der Waals surface area contributed by atoms with Gasteiger partial charge < -0.3 is 14.4 Å². The first-order valence-corrected chi connectivity index (χ1v) is 12.2. The van der Waals surface area contributed by atoms with E-state index in [0.717, 1.165) is 38.4 Å². The Labute approximate surface area is 204 Å². The van der Waals surface area contributed by atoms with E-state index in [2.05, 4.69) is 26.6 Å². The van der Waals surface area contributed by atoms with Crippen LogP contribution in [0.3, 0.4) is 0 Å². The highest BCUT2D eigenvalue weighted by atomic mass is 19.1. The number of carbonyl (C=O) groups excluding carboxylic acids is 2. The molecular formula is C27H30FN5O2. The van der Waals surface area contributed by atoms with Crippen molar-refractivity contribution in [2.75, 3.05) is 37.6 Å². The van der Waals surface area contributed by atoms with Gasteiger partial charge in [0.1, 0.15) is 11.6 Å². The maximum absolute atomic E-state index is 13.3. The molecule has 8 heteroatoms. The second kappa shape index (κ2) is 10.4. The highest BCUT2D eigenvalue weighted by molar-refractivity contribution is 6.00. The topological polar surface area (TPSA) is 61.7 Å². The number of hydrogen-bond donors (Lipinski definition) is 0. The zero-order chi connectivity index (χ0) is 24.2. The number of benzene rings is 2. The van der Waals surface area contributed by atoms with Crippen LogP contribution in [0.15, 0.2) is 67.0 Å². The Morgan fingerprint density at radius 3 is 2.57 bits per heavy atom. The molecule has 2 aliphatic rings. The van der Waals surface area contributed by atoms with Crippen LogP contribution in [-0.2, 0) is 22.7 Å². The van der Waals surface area contributed by atoms with Gasteiger partial charge in [0.2, 0.25) is 11.8 Å². The maximum Gasteiger partial charge on any atom is 0.228 e. The zero-order valence-corrected chi connectivity index (χ0v) is 19.7. The summed E-state index contributed by atoms with van der Waals surface area (Å²) in [6.45, 7) is 4.87. The van der Waals surface area contributed by atoms with Gasteiger partial charge in [-0.3, -0.25) is 14.5 Å². The summed E-state index contributed by atoms with van der Waals surface area (Å²) < 4.78 is 15.4. The highest BCUT2D eigenvalue weighted by Crippen LogP contribution is 2.27. The molecule has 1 aromatic heterocycles. The summed E-state index contributed by atoms with van der Waals surface area (Å²) in [5.41, 5.74) is 1.87. The molecule has 0 aliphatic carbocycles. The summed E-state index contributed by atoms with van der Waals surface area (Å²) in [6, 6.07) is 16.2. The lowest BCUT2D eigenvalue weighted by Gasteiger charge is -2.24. The maximum atomic E-state index is 13.3. The summed E-state index contributed by atoms with van der Waals surface area (Å²) in [5, 5.41) is 0. The molecule has 0 saturated carbocycles. The molecule has 3 aromatic rings. The molecule has 2 saturated heterocycles. The van der Waals surface area contributed by atoms with Crippen LogP contribution in [-0.4, -0.2) is 63.9 Å². The van der Waals surface area contributed by atoms with Crippen LogP contribution in [0.2, 0.25) is 0 Å². The minimum Gasteiger partial charge on any atom is -0.341 e. The lowest BCUT2D eigenvalue weighted by atomic mass is 10.1. The van der Waals surface area contributed by atoms with E-state index in [4.69, 9.17) is 0 Å². The Bertz CT molecular complexity index is 1160. The second-order valence-corrected chi connectivity index (χ2v) is 9.29. The minimum atomic E-state index is -0.358. The number of imidazole rings is 1. The van der Waals surface area contributed by atoms with Crippen LogP contribution in [0.4, 0.5) is 10.1 Å². The van der Waals surface area contributed by atoms with Crippen LogP contribution in [0, 0.1) is 11.7 Å². The average molecular weight is 476 g/mol. The average Bonchev–Trinajstić information content (AvgIpc) is 3.39. The summed E-state index contributed by atoms with van der Waals surface area (Å²) >= 11 is 0. The van der Waals surface area contributed by atoms with Crippen molar-refractivity contribution in [2.45, 2.75) is 25.9 Å². The lowest BCUT2D eigenvalue weighted by Crippen LogP contribution is -2.40. The monoisotopic (exact) mass is 475 g/mol. The summed E-state index contributed by atoms with van der Waals surface area (Å²) in [6.07, 6.45) is 4.94. The minimum absolute atomic E-state index is 0.0374. The van der Waals surface area contributed by atoms with Gasteiger partial charge in [-0.2, -0.15) is 0 Å². The molecule has 0 bridgehead atoms. The summed E-state index contributed by atoms with van der Waals surface area (Å²) in [7, 11) is 0. The summed E-state index contributed by atoms with van der Waals surface area (Å²) in [5.74, 6) is 0.269. The number of carbonyl (C=O) groups is 2. The van der Waals surface area contributed by atoms with Crippen LogP contribution in [0.25, 0.3) is 0 Å². The quantitative estimate of drug-likeness (QED) is 0.550. The van der Waals surface area contributed by atoms with Crippen molar-refractivity contribution in [2.24, 2.45) is 5.92 Å². The molecule has 0 N–H and O–H groups in total. The van der Waals surface area contributed by atoms with E-state index in [0.29, 0.717) is 25.3 Å². The number of rotatable bonds is 6. The molecule has 2 amide bonds. The van der Waals surface area contributed by atoms with Gasteiger partial charge in [-0.1, -0.05) is 30.3 Å². The number of nitrogens with zero attached hydrogens (tertiary/aromatic N) is 5. The fourth-order valence-corrected chi connectivity index (χ4v) is 4.97. The fourth-order valence-electron chi connectivity index (χ4n) is 4.97. The van der Waals surface area contributed by atoms with Crippen molar-refractivity contribution in [3.05, 3.63) is 84.2 Å². The van der Waals surface area contributed by atoms with E-state index in [-0.39, 0.29) is 30.0 Å². The van der Waals surface area contributed by atoms with Gasteiger partial charge in [0.25, 0.3) is 0 Å². The van der Waals surface area contributed by atoms with Crippen molar-refractivity contribution >= 4 is 17.5 Å². The van der Waals surface area contributed by atoms with Gasteiger partial charge in [0.15, 0.2) is 0 Å². The van der Waals surface area contributed by atoms with Gasteiger partial charge in [-0.05, 0) is 36.2 Å². The molecule has 2 fully saturated rings. The predicted molar refractivity (Wildman–Crippen MR) is 131 cm³/mol. The largest absolute Gasteiger partial charge is 0.341 e. The van der Waals surface area contributed by atoms with Crippen molar-refractivity contribution in [3.8, 4) is 0 Å². The van der Waals surface area contributed by atoms with E-state index in [1.165, 1.54) is 17.7 Å². The van der Waals surface area contributed by atoms with Gasteiger partial charge in [-0.15, -0.1) is 0 Å². The van der Waals surface area contributed by atoms with E-state index >= 15 is 0 Å². The molecule has 35 heavy (non-hydrogen) atoms. The van der Waals surface area contributed by atoms with Crippen molar-refractivity contribution in [1.29, 1.82) is 0 Å². The first-order chi connectivity index (χ1) is 17.1. The predicted octanol–water partition coefficient (Wildman–Crippen LogP) is 3.16. The number of halogens is 1.